The highest BCUT2D eigenvalue weighted by Gasteiger charge is 2.10. The van der Waals surface area contributed by atoms with Gasteiger partial charge in [-0.1, -0.05) is 0 Å². The van der Waals surface area contributed by atoms with Crippen molar-refractivity contribution in [2.75, 3.05) is 6.54 Å². The number of carbonyl (C=O) groups is 1. The molecule has 0 spiro atoms. The molecule has 3 nitrogen and oxygen atoms in total. The van der Waals surface area contributed by atoms with Crippen molar-refractivity contribution in [2.24, 2.45) is 5.73 Å². The molecular weight excluding hydrogens is 300 g/mol. The van der Waals surface area contributed by atoms with Gasteiger partial charge < -0.3 is 11.1 Å². The van der Waals surface area contributed by atoms with Crippen LogP contribution >= 0.6 is 39.7 Å². The molecule has 0 saturated heterocycles. The molecule has 0 radical (unpaired) electrons. The van der Waals surface area contributed by atoms with Gasteiger partial charge in [0.2, 0.25) is 0 Å². The number of thiophene rings is 1. The Morgan fingerprint density at radius 1 is 1.73 bits per heavy atom. The van der Waals surface area contributed by atoms with Crippen LogP contribution in [0.4, 0.5) is 0 Å². The molecule has 0 aliphatic rings. The SMILES string of the molecule is CC(N)CCNC(=O)c1sccc1Br.Cl. The Morgan fingerprint density at radius 3 is 2.87 bits per heavy atom. The number of nitrogens with one attached hydrogen (secondary N) is 1. The lowest BCUT2D eigenvalue weighted by Crippen LogP contribution is -2.28. The zero-order valence-electron chi connectivity index (χ0n) is 8.33. The molecule has 1 amide bonds. The van der Waals surface area contributed by atoms with Crippen LogP contribution < -0.4 is 11.1 Å². The average molecular weight is 314 g/mol. The number of hydrogen-bond acceptors (Lipinski definition) is 3. The lowest BCUT2D eigenvalue weighted by Gasteiger charge is -2.06. The van der Waals surface area contributed by atoms with Crippen LogP contribution in [0.1, 0.15) is 23.0 Å². The van der Waals surface area contributed by atoms with Gasteiger partial charge in [0.1, 0.15) is 4.88 Å². The Labute approximate surface area is 108 Å². The maximum Gasteiger partial charge on any atom is 0.262 e. The maximum atomic E-state index is 11.5. The van der Waals surface area contributed by atoms with Crippen molar-refractivity contribution in [3.8, 4) is 0 Å². The molecule has 0 saturated carbocycles. The Morgan fingerprint density at radius 2 is 2.40 bits per heavy atom. The molecule has 0 aliphatic carbocycles. The first kappa shape index (κ1) is 14.9. The second-order valence-electron chi connectivity index (χ2n) is 3.12. The van der Waals surface area contributed by atoms with Gasteiger partial charge in [-0.3, -0.25) is 4.79 Å². The molecule has 1 rings (SSSR count). The van der Waals surface area contributed by atoms with Gasteiger partial charge in [-0.05, 0) is 40.7 Å². The van der Waals surface area contributed by atoms with E-state index < -0.39 is 0 Å². The number of nitrogens with two attached hydrogens (primary N) is 1. The van der Waals surface area contributed by atoms with E-state index in [2.05, 4.69) is 21.2 Å². The summed E-state index contributed by atoms with van der Waals surface area (Å²) in [5.74, 6) is -0.0347. The van der Waals surface area contributed by atoms with Gasteiger partial charge in [-0.15, -0.1) is 23.7 Å². The summed E-state index contributed by atoms with van der Waals surface area (Å²) in [6.07, 6.45) is 0.800. The van der Waals surface area contributed by atoms with E-state index in [1.807, 2.05) is 18.4 Å². The first-order valence-electron chi connectivity index (χ1n) is 4.38. The fraction of sp³-hybridized carbons (Fsp3) is 0.444. The summed E-state index contributed by atoms with van der Waals surface area (Å²) in [4.78, 5) is 12.3. The third-order valence-electron chi connectivity index (χ3n) is 1.71. The second kappa shape index (κ2) is 7.22. The number of carbonyl (C=O) groups excluding carboxylic acids is 1. The largest absolute Gasteiger partial charge is 0.351 e. The van der Waals surface area contributed by atoms with Crippen molar-refractivity contribution >= 4 is 45.6 Å². The minimum atomic E-state index is -0.0347. The fourth-order valence-corrected chi connectivity index (χ4v) is 2.42. The molecular formula is C9H14BrClN2OS. The van der Waals surface area contributed by atoms with Gasteiger partial charge in [0.05, 0.1) is 0 Å². The highest BCUT2D eigenvalue weighted by Crippen LogP contribution is 2.22. The van der Waals surface area contributed by atoms with Crippen molar-refractivity contribution in [3.05, 3.63) is 20.8 Å². The lowest BCUT2D eigenvalue weighted by molar-refractivity contribution is 0.0956. The minimum absolute atomic E-state index is 0. The summed E-state index contributed by atoms with van der Waals surface area (Å²) in [7, 11) is 0. The van der Waals surface area contributed by atoms with E-state index in [1.54, 1.807) is 0 Å². The molecule has 1 atom stereocenters. The summed E-state index contributed by atoms with van der Waals surface area (Å²) >= 11 is 4.74. The monoisotopic (exact) mass is 312 g/mol. The summed E-state index contributed by atoms with van der Waals surface area (Å²) in [6.45, 7) is 2.55. The van der Waals surface area contributed by atoms with Crippen molar-refractivity contribution in [1.82, 2.24) is 5.32 Å². The van der Waals surface area contributed by atoms with Crippen molar-refractivity contribution in [2.45, 2.75) is 19.4 Å². The fourth-order valence-electron chi connectivity index (χ4n) is 0.949. The van der Waals surface area contributed by atoms with Gasteiger partial charge in [-0.25, -0.2) is 0 Å². The zero-order chi connectivity index (χ0) is 10.6. The molecule has 0 aromatic carbocycles. The number of amides is 1. The van der Waals surface area contributed by atoms with Crippen molar-refractivity contribution in [1.29, 1.82) is 0 Å². The topological polar surface area (TPSA) is 55.1 Å². The Bertz CT molecular complexity index is 317. The number of rotatable bonds is 4. The van der Waals surface area contributed by atoms with Gasteiger partial charge in [0, 0.05) is 17.1 Å². The maximum absolute atomic E-state index is 11.5. The Hall–Kier alpha value is -0.100. The second-order valence-corrected chi connectivity index (χ2v) is 4.89. The van der Waals surface area contributed by atoms with Gasteiger partial charge in [0.15, 0.2) is 0 Å². The van der Waals surface area contributed by atoms with Crippen LogP contribution in [0.15, 0.2) is 15.9 Å². The molecule has 0 fully saturated rings. The standard InChI is InChI=1S/C9H13BrN2OS.ClH/c1-6(11)2-4-12-9(13)8-7(10)3-5-14-8;/h3,5-6H,2,4,11H2,1H3,(H,12,13);1H. The first-order chi connectivity index (χ1) is 6.61. The smallest absolute Gasteiger partial charge is 0.262 e. The highest BCUT2D eigenvalue weighted by atomic mass is 79.9. The predicted octanol–water partition coefficient (Wildman–Crippen LogP) is 2.40. The van der Waals surface area contributed by atoms with Crippen LogP contribution in [0, 0.1) is 0 Å². The van der Waals surface area contributed by atoms with Crippen LogP contribution in [-0.4, -0.2) is 18.5 Å². The third-order valence-corrected chi connectivity index (χ3v) is 3.55. The third kappa shape index (κ3) is 4.97. The quantitative estimate of drug-likeness (QED) is 0.897. The Kier molecular flexibility index (Phi) is 7.17. The van der Waals surface area contributed by atoms with Gasteiger partial charge in [0.25, 0.3) is 5.91 Å². The van der Waals surface area contributed by atoms with Crippen LogP contribution in [0.2, 0.25) is 0 Å². The van der Waals surface area contributed by atoms with Crippen molar-refractivity contribution < 1.29 is 4.79 Å². The molecule has 1 unspecified atom stereocenters. The molecule has 3 N–H and O–H groups in total. The number of hydrogen-bond donors (Lipinski definition) is 2. The van der Waals surface area contributed by atoms with E-state index >= 15 is 0 Å². The molecule has 15 heavy (non-hydrogen) atoms. The summed E-state index contributed by atoms with van der Waals surface area (Å²) in [5, 5.41) is 4.70. The summed E-state index contributed by atoms with van der Waals surface area (Å²) in [6, 6.07) is 1.99. The first-order valence-corrected chi connectivity index (χ1v) is 6.05. The van der Waals surface area contributed by atoms with Crippen LogP contribution in [0.25, 0.3) is 0 Å². The molecule has 0 aliphatic heterocycles. The zero-order valence-corrected chi connectivity index (χ0v) is 11.5. The average Bonchev–Trinajstić information content (AvgIpc) is 2.50. The van der Waals surface area contributed by atoms with Crippen LogP contribution in [-0.2, 0) is 0 Å². The summed E-state index contributed by atoms with van der Waals surface area (Å²) in [5.41, 5.74) is 5.57. The molecule has 1 heterocycles. The van der Waals surface area contributed by atoms with E-state index in [4.69, 9.17) is 5.73 Å². The molecule has 0 bridgehead atoms. The molecule has 1 aromatic heterocycles. The number of halogens is 2. The molecule has 6 heteroatoms. The molecule has 1 aromatic rings. The Balaban J connectivity index is 0.00000196. The lowest BCUT2D eigenvalue weighted by atomic mass is 10.2. The van der Waals surface area contributed by atoms with E-state index in [1.165, 1.54) is 11.3 Å². The van der Waals surface area contributed by atoms with Crippen molar-refractivity contribution in [3.63, 3.8) is 0 Å². The normalized spacial score (nSPS) is 11.7. The highest BCUT2D eigenvalue weighted by molar-refractivity contribution is 9.10. The van der Waals surface area contributed by atoms with Crippen LogP contribution in [0.3, 0.4) is 0 Å². The summed E-state index contributed by atoms with van der Waals surface area (Å²) < 4.78 is 0.848. The van der Waals surface area contributed by atoms with E-state index in [0.717, 1.165) is 15.8 Å². The van der Waals surface area contributed by atoms with Crippen LogP contribution in [0.5, 0.6) is 0 Å². The van der Waals surface area contributed by atoms with E-state index in [9.17, 15) is 4.79 Å². The molecule has 86 valence electrons. The minimum Gasteiger partial charge on any atom is -0.351 e. The van der Waals surface area contributed by atoms with Gasteiger partial charge >= 0.3 is 0 Å². The predicted molar refractivity (Wildman–Crippen MR) is 69.9 cm³/mol. The van der Waals surface area contributed by atoms with E-state index in [-0.39, 0.29) is 24.4 Å². The van der Waals surface area contributed by atoms with E-state index in [0.29, 0.717) is 6.54 Å². The van der Waals surface area contributed by atoms with Gasteiger partial charge in [-0.2, -0.15) is 0 Å².